The molecule has 0 fully saturated rings. The Labute approximate surface area is 172 Å². The molecule has 1 aliphatic rings. The number of hydrogen-bond donors (Lipinski definition) is 2. The first-order valence-electron chi connectivity index (χ1n) is 9.20. The lowest BCUT2D eigenvalue weighted by molar-refractivity contribution is 0.445. The lowest BCUT2D eigenvalue weighted by Gasteiger charge is -2.23. The molecule has 0 unspecified atom stereocenters. The Morgan fingerprint density at radius 1 is 1.21 bits per heavy atom. The van der Waals surface area contributed by atoms with E-state index in [-0.39, 0.29) is 0 Å². The van der Waals surface area contributed by atoms with E-state index in [1.807, 2.05) is 29.8 Å². The van der Waals surface area contributed by atoms with Crippen LogP contribution in [0, 0.1) is 0 Å². The van der Waals surface area contributed by atoms with E-state index in [0.717, 1.165) is 43.9 Å². The monoisotopic (exact) mass is 425 g/mol. The summed E-state index contributed by atoms with van der Waals surface area (Å²) in [7, 11) is -3.16. The SMILES string of the molecule is CS(=O)(=O)N1CC=C(c2cc3c(Nc4ccc5ncsc5c4)ccnc3[nH]2)CC1. The minimum atomic E-state index is -3.16. The molecule has 0 atom stereocenters. The summed E-state index contributed by atoms with van der Waals surface area (Å²) in [5.41, 5.74) is 7.70. The molecule has 3 aromatic heterocycles. The van der Waals surface area contributed by atoms with Gasteiger partial charge in [-0.25, -0.2) is 18.4 Å². The molecule has 4 heterocycles. The van der Waals surface area contributed by atoms with E-state index in [1.165, 1.54) is 10.6 Å². The molecule has 0 amide bonds. The lowest BCUT2D eigenvalue weighted by Crippen LogP contribution is -2.33. The number of sulfonamides is 1. The Balaban J connectivity index is 1.46. The summed E-state index contributed by atoms with van der Waals surface area (Å²) >= 11 is 1.62. The van der Waals surface area contributed by atoms with Gasteiger partial charge in [-0.3, -0.25) is 0 Å². The van der Waals surface area contributed by atoms with Crippen molar-refractivity contribution in [2.24, 2.45) is 0 Å². The lowest BCUT2D eigenvalue weighted by atomic mass is 10.1. The maximum absolute atomic E-state index is 11.7. The van der Waals surface area contributed by atoms with Crippen LogP contribution in [-0.2, 0) is 10.0 Å². The first kappa shape index (κ1) is 18.3. The molecule has 4 aromatic rings. The van der Waals surface area contributed by atoms with Crippen LogP contribution < -0.4 is 5.32 Å². The van der Waals surface area contributed by atoms with Crippen molar-refractivity contribution in [2.45, 2.75) is 6.42 Å². The standard InChI is InChI=1S/C20H19N5O2S2/c1-29(26,27)25-8-5-13(6-9-25)18-11-15-16(4-7-21-20(15)24-18)23-14-2-3-17-19(10-14)28-12-22-17/h2-5,7,10-12H,6,8-9H2,1H3,(H2,21,23,24). The van der Waals surface area contributed by atoms with Gasteiger partial charge in [0.2, 0.25) is 10.0 Å². The Morgan fingerprint density at radius 2 is 2.10 bits per heavy atom. The van der Waals surface area contributed by atoms with Crippen molar-refractivity contribution in [2.75, 3.05) is 24.7 Å². The number of benzene rings is 1. The summed E-state index contributed by atoms with van der Waals surface area (Å²) in [4.78, 5) is 12.2. The molecule has 0 saturated heterocycles. The van der Waals surface area contributed by atoms with Gasteiger partial charge in [-0.2, -0.15) is 4.31 Å². The van der Waals surface area contributed by atoms with Gasteiger partial charge in [0.25, 0.3) is 0 Å². The zero-order chi connectivity index (χ0) is 20.0. The molecule has 7 nitrogen and oxygen atoms in total. The molecule has 2 N–H and O–H groups in total. The van der Waals surface area contributed by atoms with Gasteiger partial charge in [0, 0.05) is 36.1 Å². The third-order valence-corrected chi connectivity index (χ3v) is 7.19. The van der Waals surface area contributed by atoms with E-state index >= 15 is 0 Å². The highest BCUT2D eigenvalue weighted by atomic mass is 32.2. The molecule has 9 heteroatoms. The van der Waals surface area contributed by atoms with E-state index < -0.39 is 10.0 Å². The summed E-state index contributed by atoms with van der Waals surface area (Å²) in [5, 5.41) is 4.48. The number of thiazole rings is 1. The van der Waals surface area contributed by atoms with Crippen LogP contribution >= 0.6 is 11.3 Å². The van der Waals surface area contributed by atoms with E-state index in [1.54, 1.807) is 17.5 Å². The molecule has 1 aliphatic heterocycles. The van der Waals surface area contributed by atoms with Crippen LogP contribution in [0.5, 0.6) is 0 Å². The van der Waals surface area contributed by atoms with Crippen LogP contribution in [-0.4, -0.2) is 47.0 Å². The van der Waals surface area contributed by atoms with Gasteiger partial charge in [0.1, 0.15) is 5.65 Å². The number of nitrogens with zero attached hydrogens (tertiary/aromatic N) is 3. The summed E-state index contributed by atoms with van der Waals surface area (Å²) in [6, 6.07) is 10.2. The summed E-state index contributed by atoms with van der Waals surface area (Å²) in [5.74, 6) is 0. The number of rotatable bonds is 4. The highest BCUT2D eigenvalue weighted by Crippen LogP contribution is 2.31. The number of H-pyrrole nitrogens is 1. The summed E-state index contributed by atoms with van der Waals surface area (Å²) < 4.78 is 26.1. The Kier molecular flexibility index (Phi) is 4.38. The van der Waals surface area contributed by atoms with Gasteiger partial charge in [-0.1, -0.05) is 6.08 Å². The number of pyridine rings is 1. The van der Waals surface area contributed by atoms with E-state index in [0.29, 0.717) is 19.5 Å². The largest absolute Gasteiger partial charge is 0.355 e. The predicted molar refractivity (Wildman–Crippen MR) is 118 cm³/mol. The zero-order valence-corrected chi connectivity index (χ0v) is 17.3. The fourth-order valence-electron chi connectivity index (χ4n) is 3.59. The average molecular weight is 426 g/mol. The highest BCUT2D eigenvalue weighted by Gasteiger charge is 2.21. The van der Waals surface area contributed by atoms with Crippen LogP contribution in [0.3, 0.4) is 0 Å². The normalized spacial score (nSPS) is 15.7. The summed E-state index contributed by atoms with van der Waals surface area (Å²) in [6.07, 6.45) is 5.67. The van der Waals surface area contributed by atoms with Gasteiger partial charge in [-0.15, -0.1) is 11.3 Å². The molecule has 148 valence electrons. The van der Waals surface area contributed by atoms with Crippen molar-refractivity contribution in [3.63, 3.8) is 0 Å². The molecular weight excluding hydrogens is 406 g/mol. The molecule has 0 radical (unpaired) electrons. The number of hydrogen-bond acceptors (Lipinski definition) is 6. The highest BCUT2D eigenvalue weighted by molar-refractivity contribution is 7.88. The second-order valence-electron chi connectivity index (χ2n) is 7.06. The molecule has 0 aliphatic carbocycles. The van der Waals surface area contributed by atoms with Crippen molar-refractivity contribution in [3.8, 4) is 0 Å². The van der Waals surface area contributed by atoms with E-state index in [9.17, 15) is 8.42 Å². The number of fused-ring (bicyclic) bond motifs is 2. The third kappa shape index (κ3) is 3.52. The maximum Gasteiger partial charge on any atom is 0.211 e. The zero-order valence-electron chi connectivity index (χ0n) is 15.7. The first-order valence-corrected chi connectivity index (χ1v) is 11.9. The molecule has 1 aromatic carbocycles. The molecule has 0 saturated carbocycles. The van der Waals surface area contributed by atoms with E-state index in [2.05, 4.69) is 32.4 Å². The fourth-order valence-corrected chi connectivity index (χ4v) is 5.08. The number of aromatic amines is 1. The molecule has 5 rings (SSSR count). The quantitative estimate of drug-likeness (QED) is 0.516. The van der Waals surface area contributed by atoms with Crippen molar-refractivity contribution in [1.82, 2.24) is 19.3 Å². The average Bonchev–Trinajstić information content (AvgIpc) is 3.34. The van der Waals surface area contributed by atoms with Gasteiger partial charge in [0.15, 0.2) is 0 Å². The molecular formula is C20H19N5O2S2. The van der Waals surface area contributed by atoms with Gasteiger partial charge in [0.05, 0.1) is 27.7 Å². The van der Waals surface area contributed by atoms with E-state index in [4.69, 9.17) is 0 Å². The van der Waals surface area contributed by atoms with Crippen LogP contribution in [0.2, 0.25) is 0 Å². The minimum absolute atomic E-state index is 0.400. The molecule has 29 heavy (non-hydrogen) atoms. The van der Waals surface area contributed by atoms with Crippen LogP contribution in [0.4, 0.5) is 11.4 Å². The van der Waals surface area contributed by atoms with Crippen molar-refractivity contribution in [1.29, 1.82) is 0 Å². The summed E-state index contributed by atoms with van der Waals surface area (Å²) in [6.45, 7) is 0.893. The van der Waals surface area contributed by atoms with Crippen LogP contribution in [0.25, 0.3) is 26.8 Å². The van der Waals surface area contributed by atoms with Crippen molar-refractivity contribution < 1.29 is 8.42 Å². The smallest absolute Gasteiger partial charge is 0.211 e. The molecule has 0 spiro atoms. The minimum Gasteiger partial charge on any atom is -0.355 e. The Morgan fingerprint density at radius 3 is 2.90 bits per heavy atom. The number of anilines is 2. The topological polar surface area (TPSA) is 91.0 Å². The van der Waals surface area contributed by atoms with Crippen molar-refractivity contribution >= 4 is 59.6 Å². The predicted octanol–water partition coefficient (Wildman–Crippen LogP) is 3.96. The number of nitrogens with one attached hydrogen (secondary N) is 2. The Bertz CT molecular complexity index is 1350. The second-order valence-corrected chi connectivity index (χ2v) is 9.93. The van der Waals surface area contributed by atoms with Crippen LogP contribution in [0.1, 0.15) is 12.1 Å². The second kappa shape index (κ2) is 6.94. The van der Waals surface area contributed by atoms with Gasteiger partial charge in [-0.05, 0) is 42.3 Å². The maximum atomic E-state index is 11.7. The Hall–Kier alpha value is -2.75. The first-order chi connectivity index (χ1) is 14.0. The van der Waals surface area contributed by atoms with Gasteiger partial charge >= 0.3 is 0 Å². The van der Waals surface area contributed by atoms with Gasteiger partial charge < -0.3 is 10.3 Å². The van der Waals surface area contributed by atoms with Crippen molar-refractivity contribution in [3.05, 3.63) is 53.8 Å². The van der Waals surface area contributed by atoms with Crippen LogP contribution in [0.15, 0.2) is 48.1 Å². The fraction of sp³-hybridized carbons (Fsp3) is 0.200. The third-order valence-electron chi connectivity index (χ3n) is 5.13. The molecule has 0 bridgehead atoms. The number of aromatic nitrogens is 3.